The van der Waals surface area contributed by atoms with Crippen molar-refractivity contribution in [2.45, 2.75) is 0 Å². The Morgan fingerprint density at radius 2 is 0.857 bits per heavy atom. The minimum atomic E-state index is 0.881. The Morgan fingerprint density at radius 1 is 0.286 bits per heavy atom. The summed E-state index contributed by atoms with van der Waals surface area (Å²) in [5.74, 6) is 0. The third kappa shape index (κ3) is 4.67. The number of para-hydroxylation sites is 2. The summed E-state index contributed by atoms with van der Waals surface area (Å²) < 4.78 is 12.4. The smallest absolute Gasteiger partial charge is 0.136 e. The van der Waals surface area contributed by atoms with E-state index >= 15 is 0 Å². The Balaban J connectivity index is 1.10. The first kappa shape index (κ1) is 27.5. The average Bonchev–Trinajstić information content (AvgIpc) is 3.73. The maximum absolute atomic E-state index is 6.21. The summed E-state index contributed by atoms with van der Waals surface area (Å²) in [6.07, 6.45) is 0. The molecule has 0 spiro atoms. The summed E-state index contributed by atoms with van der Waals surface area (Å²) in [4.78, 5) is 2.33. The first-order valence-electron chi connectivity index (χ1n) is 16.6. The van der Waals surface area contributed by atoms with Crippen molar-refractivity contribution in [2.24, 2.45) is 0 Å². The normalized spacial score (nSPS) is 11.7. The highest BCUT2D eigenvalue weighted by Crippen LogP contribution is 2.41. The van der Waals surface area contributed by atoms with Crippen molar-refractivity contribution in [1.29, 1.82) is 0 Å². The molecule has 0 aliphatic rings. The van der Waals surface area contributed by atoms with Crippen LogP contribution in [-0.4, -0.2) is 0 Å². The van der Waals surface area contributed by atoms with E-state index in [1.54, 1.807) is 0 Å². The highest BCUT2D eigenvalue weighted by molar-refractivity contribution is 6.07. The molecule has 0 unspecified atom stereocenters. The molecule has 2 aromatic heterocycles. The van der Waals surface area contributed by atoms with Gasteiger partial charge >= 0.3 is 0 Å². The molecule has 49 heavy (non-hydrogen) atoms. The molecule has 0 amide bonds. The summed E-state index contributed by atoms with van der Waals surface area (Å²) in [5, 5.41) is 6.96. The molecular formula is C46H29NO2. The molecule has 3 heteroatoms. The largest absolute Gasteiger partial charge is 0.456 e. The van der Waals surface area contributed by atoms with Crippen molar-refractivity contribution in [3.8, 4) is 22.3 Å². The lowest BCUT2D eigenvalue weighted by Crippen LogP contribution is -2.10. The van der Waals surface area contributed by atoms with Crippen molar-refractivity contribution >= 4 is 71.7 Å². The Bertz CT molecular complexity index is 2840. The van der Waals surface area contributed by atoms with Gasteiger partial charge in [0.2, 0.25) is 0 Å². The van der Waals surface area contributed by atoms with Gasteiger partial charge in [-0.05, 0) is 106 Å². The number of hydrogen-bond acceptors (Lipinski definition) is 3. The third-order valence-electron chi connectivity index (χ3n) is 9.64. The fraction of sp³-hybridized carbons (Fsp3) is 0. The van der Waals surface area contributed by atoms with Gasteiger partial charge in [-0.1, -0.05) is 103 Å². The van der Waals surface area contributed by atoms with Gasteiger partial charge in [0.25, 0.3) is 0 Å². The topological polar surface area (TPSA) is 29.5 Å². The molecule has 0 bridgehead atoms. The van der Waals surface area contributed by atoms with Crippen LogP contribution in [0.3, 0.4) is 0 Å². The van der Waals surface area contributed by atoms with E-state index in [0.717, 1.165) is 72.1 Å². The highest BCUT2D eigenvalue weighted by atomic mass is 16.3. The number of fused-ring (bicyclic) bond motifs is 7. The second kappa shape index (κ2) is 11.0. The van der Waals surface area contributed by atoms with Crippen molar-refractivity contribution in [3.63, 3.8) is 0 Å². The minimum Gasteiger partial charge on any atom is -0.456 e. The summed E-state index contributed by atoms with van der Waals surface area (Å²) in [5.41, 5.74) is 11.4. The molecule has 10 rings (SSSR count). The number of hydrogen-bond donors (Lipinski definition) is 0. The molecule has 0 aliphatic heterocycles. The van der Waals surface area contributed by atoms with Crippen molar-refractivity contribution in [3.05, 3.63) is 176 Å². The van der Waals surface area contributed by atoms with Gasteiger partial charge in [0.15, 0.2) is 0 Å². The van der Waals surface area contributed by atoms with E-state index in [-0.39, 0.29) is 0 Å². The zero-order valence-electron chi connectivity index (χ0n) is 26.5. The number of anilines is 3. The van der Waals surface area contributed by atoms with E-state index in [1.165, 1.54) is 21.9 Å². The lowest BCUT2D eigenvalue weighted by atomic mass is 10.00. The second-order valence-corrected chi connectivity index (χ2v) is 12.6. The Kier molecular flexibility index (Phi) is 6.18. The van der Waals surface area contributed by atoms with E-state index < -0.39 is 0 Å². The summed E-state index contributed by atoms with van der Waals surface area (Å²) in [7, 11) is 0. The zero-order chi connectivity index (χ0) is 32.3. The molecule has 3 nitrogen and oxygen atoms in total. The van der Waals surface area contributed by atoms with E-state index in [1.807, 2.05) is 24.3 Å². The van der Waals surface area contributed by atoms with Crippen LogP contribution in [0.2, 0.25) is 0 Å². The molecule has 0 radical (unpaired) electrons. The lowest BCUT2D eigenvalue weighted by molar-refractivity contribution is 0.668. The summed E-state index contributed by atoms with van der Waals surface area (Å²) in [6, 6.07) is 62.2. The van der Waals surface area contributed by atoms with Gasteiger partial charge in [0, 0.05) is 38.6 Å². The molecule has 2 heterocycles. The summed E-state index contributed by atoms with van der Waals surface area (Å²) in [6.45, 7) is 0. The molecule has 0 saturated carbocycles. The lowest BCUT2D eigenvalue weighted by Gasteiger charge is -2.26. The van der Waals surface area contributed by atoms with Gasteiger partial charge in [0.1, 0.15) is 22.3 Å². The quantitative estimate of drug-likeness (QED) is 0.190. The van der Waals surface area contributed by atoms with E-state index in [0.29, 0.717) is 0 Å². The molecular weight excluding hydrogens is 599 g/mol. The van der Waals surface area contributed by atoms with Crippen molar-refractivity contribution in [2.75, 3.05) is 4.90 Å². The highest BCUT2D eigenvalue weighted by Gasteiger charge is 2.17. The fourth-order valence-electron chi connectivity index (χ4n) is 7.20. The SMILES string of the molecule is c1cc(-c2ccc3ccccc3c2)cc(N(c2ccc(-c3ccc4c(c3)oc3ccccc34)cc2)c2ccc3oc4ccccc4c3c2)c1. The average molecular weight is 628 g/mol. The van der Waals surface area contributed by atoms with Crippen LogP contribution < -0.4 is 4.90 Å². The number of nitrogens with zero attached hydrogens (tertiary/aromatic N) is 1. The maximum Gasteiger partial charge on any atom is 0.136 e. The van der Waals surface area contributed by atoms with Crippen LogP contribution in [0.5, 0.6) is 0 Å². The Morgan fingerprint density at radius 3 is 1.69 bits per heavy atom. The monoisotopic (exact) mass is 627 g/mol. The Labute approximate surface area is 282 Å². The fourth-order valence-corrected chi connectivity index (χ4v) is 7.20. The maximum atomic E-state index is 6.21. The molecule has 10 aromatic rings. The van der Waals surface area contributed by atoms with Crippen molar-refractivity contribution in [1.82, 2.24) is 0 Å². The van der Waals surface area contributed by atoms with Gasteiger partial charge in [-0.15, -0.1) is 0 Å². The van der Waals surface area contributed by atoms with Gasteiger partial charge in [0.05, 0.1) is 0 Å². The minimum absolute atomic E-state index is 0.881. The van der Waals surface area contributed by atoms with Crippen molar-refractivity contribution < 1.29 is 8.83 Å². The van der Waals surface area contributed by atoms with Crippen LogP contribution in [0.15, 0.2) is 185 Å². The van der Waals surface area contributed by atoms with Crippen LogP contribution in [0.4, 0.5) is 17.1 Å². The second-order valence-electron chi connectivity index (χ2n) is 12.6. The predicted octanol–water partition coefficient (Wildman–Crippen LogP) is 13.4. The molecule has 230 valence electrons. The zero-order valence-corrected chi connectivity index (χ0v) is 26.5. The van der Waals surface area contributed by atoms with Crippen LogP contribution in [0.1, 0.15) is 0 Å². The van der Waals surface area contributed by atoms with Crippen LogP contribution in [0.25, 0.3) is 76.9 Å². The van der Waals surface area contributed by atoms with Crippen LogP contribution in [-0.2, 0) is 0 Å². The predicted molar refractivity (Wildman–Crippen MR) is 204 cm³/mol. The molecule has 0 atom stereocenters. The first-order chi connectivity index (χ1) is 24.2. The van der Waals surface area contributed by atoms with Gasteiger partial charge < -0.3 is 13.7 Å². The number of furan rings is 2. The van der Waals surface area contributed by atoms with E-state index in [2.05, 4.69) is 157 Å². The standard InChI is InChI=1S/C46H29NO2/c1-2-9-32-26-34(17-16-30(32)8-1)33-10-7-11-37(27-33)47(38-23-25-45-42(29-38)40-13-4-6-15-44(40)48-45)36-21-18-31(19-22-36)35-20-24-41-39-12-3-5-14-43(39)49-46(41)28-35/h1-29H. The first-order valence-corrected chi connectivity index (χ1v) is 16.6. The Hall–Kier alpha value is -6.58. The summed E-state index contributed by atoms with van der Waals surface area (Å²) >= 11 is 0. The molecule has 0 N–H and O–H groups in total. The van der Waals surface area contributed by atoms with E-state index in [9.17, 15) is 0 Å². The van der Waals surface area contributed by atoms with Gasteiger partial charge in [-0.2, -0.15) is 0 Å². The number of rotatable bonds is 5. The van der Waals surface area contributed by atoms with Gasteiger partial charge in [-0.25, -0.2) is 0 Å². The third-order valence-corrected chi connectivity index (χ3v) is 9.64. The molecule has 8 aromatic carbocycles. The van der Waals surface area contributed by atoms with Gasteiger partial charge in [-0.3, -0.25) is 0 Å². The molecule has 0 saturated heterocycles. The van der Waals surface area contributed by atoms with Crippen LogP contribution >= 0.6 is 0 Å². The number of benzene rings is 8. The molecule has 0 aliphatic carbocycles. The van der Waals surface area contributed by atoms with E-state index in [4.69, 9.17) is 8.83 Å². The van der Waals surface area contributed by atoms with Crippen LogP contribution in [0, 0.1) is 0 Å². The molecule has 0 fully saturated rings.